The molecule has 0 spiro atoms. The van der Waals surface area contributed by atoms with E-state index < -0.39 is 41.7 Å². The lowest BCUT2D eigenvalue weighted by molar-refractivity contribution is -0.134. The molecule has 1 aliphatic rings. The minimum Gasteiger partial charge on any atom is -0.511 e. The van der Waals surface area contributed by atoms with E-state index in [1.165, 1.54) is 24.3 Å². The van der Waals surface area contributed by atoms with Crippen LogP contribution in [-0.2, 0) is 9.59 Å². The highest BCUT2D eigenvalue weighted by Crippen LogP contribution is 2.40. The van der Waals surface area contributed by atoms with Crippen molar-refractivity contribution < 1.29 is 24.2 Å². The van der Waals surface area contributed by atoms with Crippen molar-refractivity contribution in [3.05, 3.63) is 46.8 Å². The second-order valence-corrected chi connectivity index (χ2v) is 10.4. The highest BCUT2D eigenvalue weighted by Gasteiger charge is 2.52. The lowest BCUT2D eigenvalue weighted by Gasteiger charge is -2.26. The molecule has 0 saturated heterocycles. The number of nitrogens with one attached hydrogen (secondary N) is 2. The van der Waals surface area contributed by atoms with Gasteiger partial charge in [0.15, 0.2) is 0 Å². The molecule has 1 amide bonds. The van der Waals surface area contributed by atoms with Gasteiger partial charge in [0, 0.05) is 17.3 Å². The van der Waals surface area contributed by atoms with Crippen molar-refractivity contribution >= 4 is 34.4 Å². The third kappa shape index (κ3) is 5.67. The maximum atomic E-state index is 15.0. The lowest BCUT2D eigenvalue weighted by atomic mass is 9.78. The van der Waals surface area contributed by atoms with Crippen molar-refractivity contribution in [1.82, 2.24) is 4.98 Å². The van der Waals surface area contributed by atoms with Crippen LogP contribution in [0.2, 0.25) is 0 Å². The number of thiazole rings is 1. The van der Waals surface area contributed by atoms with Crippen molar-refractivity contribution in [3.63, 3.8) is 0 Å². The van der Waals surface area contributed by atoms with E-state index in [0.717, 1.165) is 21.7 Å². The summed E-state index contributed by atoms with van der Waals surface area (Å²) in [6.45, 7) is 8.67. The number of aromatic nitrogens is 1. The van der Waals surface area contributed by atoms with Gasteiger partial charge in [-0.2, -0.15) is 0 Å². The van der Waals surface area contributed by atoms with Crippen LogP contribution in [0, 0.1) is 42.9 Å². The van der Waals surface area contributed by atoms with Gasteiger partial charge in [0.2, 0.25) is 5.91 Å². The molecule has 3 unspecified atom stereocenters. The molecule has 35 heavy (non-hydrogen) atoms. The maximum Gasteiger partial charge on any atom is 0.231 e. The molecule has 0 aliphatic heterocycles. The largest absolute Gasteiger partial charge is 0.511 e. The van der Waals surface area contributed by atoms with Crippen molar-refractivity contribution in [1.29, 1.82) is 5.41 Å². The van der Waals surface area contributed by atoms with Crippen LogP contribution in [0.3, 0.4) is 0 Å². The quantitative estimate of drug-likeness (QED) is 0.299. The maximum absolute atomic E-state index is 15.0. The SMILES string of the molecule is CC(=N)/C=C(\O)C(C(=O)C1C[C@H](O)C(F)[C@H]1C(=O)Nc1ccc(-c2scnc2C)cc1C)C(C)C. The summed E-state index contributed by atoms with van der Waals surface area (Å²) in [5, 5.41) is 31.0. The Kier molecular flexibility index (Phi) is 8.22. The topological polar surface area (TPSA) is 123 Å². The molecule has 1 saturated carbocycles. The molecular weight excluding hydrogens is 469 g/mol. The van der Waals surface area contributed by atoms with Gasteiger partial charge in [0.05, 0.1) is 34.0 Å². The van der Waals surface area contributed by atoms with Crippen LogP contribution in [0.4, 0.5) is 10.1 Å². The zero-order valence-corrected chi connectivity index (χ0v) is 21.3. The lowest BCUT2D eigenvalue weighted by Crippen LogP contribution is -2.39. The number of ketones is 1. The van der Waals surface area contributed by atoms with Gasteiger partial charge in [-0.05, 0) is 62.4 Å². The first-order valence-corrected chi connectivity index (χ1v) is 12.4. The van der Waals surface area contributed by atoms with Crippen LogP contribution >= 0.6 is 11.3 Å². The van der Waals surface area contributed by atoms with E-state index >= 15 is 4.39 Å². The Bertz CT molecular complexity index is 1160. The van der Waals surface area contributed by atoms with E-state index in [0.29, 0.717) is 5.69 Å². The number of halogens is 1. The summed E-state index contributed by atoms with van der Waals surface area (Å²) in [5.74, 6) is -5.34. The van der Waals surface area contributed by atoms with Crippen LogP contribution in [0.5, 0.6) is 0 Å². The summed E-state index contributed by atoms with van der Waals surface area (Å²) < 4.78 is 15.0. The van der Waals surface area contributed by atoms with Gasteiger partial charge in [-0.1, -0.05) is 19.9 Å². The Hall–Kier alpha value is -2.91. The minimum atomic E-state index is -1.91. The molecule has 4 N–H and O–H groups in total. The van der Waals surface area contributed by atoms with Gasteiger partial charge in [0.25, 0.3) is 0 Å². The molecule has 1 aromatic carbocycles. The Morgan fingerprint density at radius 2 is 2.00 bits per heavy atom. The van der Waals surface area contributed by atoms with Gasteiger partial charge in [-0.3, -0.25) is 9.59 Å². The fraction of sp³-hybridized carbons (Fsp3) is 0.462. The molecule has 5 atom stereocenters. The van der Waals surface area contributed by atoms with Crippen molar-refractivity contribution in [2.75, 3.05) is 5.32 Å². The number of rotatable bonds is 8. The molecule has 7 nitrogen and oxygen atoms in total. The number of aliphatic hydroxyl groups excluding tert-OH is 2. The van der Waals surface area contributed by atoms with Gasteiger partial charge in [0.1, 0.15) is 17.7 Å². The number of anilines is 1. The third-order valence-corrected chi connectivity index (χ3v) is 7.43. The molecule has 1 aliphatic carbocycles. The third-order valence-electron chi connectivity index (χ3n) is 6.46. The average molecular weight is 502 g/mol. The molecule has 1 heterocycles. The number of Topliss-reactive ketones (excluding diaryl/α,β-unsaturated/α-hetero) is 1. The molecule has 1 fully saturated rings. The number of carbonyl (C=O) groups is 2. The number of alkyl halides is 1. The number of carbonyl (C=O) groups excluding carboxylic acids is 2. The van der Waals surface area contributed by atoms with Crippen LogP contribution in [0.15, 0.2) is 35.5 Å². The smallest absolute Gasteiger partial charge is 0.231 e. The summed E-state index contributed by atoms with van der Waals surface area (Å²) >= 11 is 1.51. The van der Waals surface area contributed by atoms with E-state index in [-0.39, 0.29) is 23.8 Å². The predicted octanol–water partition coefficient (Wildman–Crippen LogP) is 5.02. The van der Waals surface area contributed by atoms with Gasteiger partial charge in [-0.15, -0.1) is 11.3 Å². The summed E-state index contributed by atoms with van der Waals surface area (Å²) in [6.07, 6.45) is -2.39. The number of aryl methyl sites for hydroxylation is 2. The van der Waals surface area contributed by atoms with E-state index in [1.54, 1.807) is 25.4 Å². The number of allylic oxidation sites excluding steroid dienone is 2. The van der Waals surface area contributed by atoms with Crippen LogP contribution < -0.4 is 5.32 Å². The second kappa shape index (κ2) is 10.8. The summed E-state index contributed by atoms with van der Waals surface area (Å²) in [4.78, 5) is 31.9. The van der Waals surface area contributed by atoms with E-state index in [9.17, 15) is 19.8 Å². The van der Waals surface area contributed by atoms with Crippen molar-refractivity contribution in [3.8, 4) is 10.4 Å². The molecule has 188 valence electrons. The Morgan fingerprint density at radius 1 is 1.31 bits per heavy atom. The summed E-state index contributed by atoms with van der Waals surface area (Å²) in [7, 11) is 0. The normalized spacial score (nSPS) is 23.4. The molecule has 1 aromatic heterocycles. The standard InChI is InChI=1S/C26H32FN3O4S/c1-12(2)21(19(31)9-14(4)28)24(33)17-10-20(32)23(27)22(17)26(34)30-18-7-6-16(8-13(18)3)25-15(5)29-11-35-25/h6-9,11-12,17,20-23,28,31-32H,10H2,1-5H3,(H,30,34)/b19-9-,28-14?/t17?,20-,21?,22-,23?/m0/s1. The molecule has 0 radical (unpaired) electrons. The van der Waals surface area contributed by atoms with Crippen molar-refractivity contribution in [2.45, 2.75) is 53.3 Å². The minimum absolute atomic E-state index is 0.0671. The number of hydrogen-bond donors (Lipinski definition) is 4. The van der Waals surface area contributed by atoms with Crippen LogP contribution in [0.1, 0.15) is 38.4 Å². The number of aliphatic hydroxyl groups is 2. The van der Waals surface area contributed by atoms with E-state index in [1.807, 2.05) is 26.0 Å². The zero-order valence-electron chi connectivity index (χ0n) is 20.5. The first kappa shape index (κ1) is 26.7. The summed E-state index contributed by atoms with van der Waals surface area (Å²) in [5.41, 5.74) is 4.95. The van der Waals surface area contributed by atoms with Crippen LogP contribution in [0.25, 0.3) is 10.4 Å². The second-order valence-electron chi connectivity index (χ2n) is 9.54. The Morgan fingerprint density at radius 3 is 2.54 bits per heavy atom. The molecule has 0 bridgehead atoms. The van der Waals surface area contributed by atoms with E-state index in [2.05, 4.69) is 10.3 Å². The van der Waals surface area contributed by atoms with Crippen molar-refractivity contribution in [2.24, 2.45) is 23.7 Å². The number of benzene rings is 1. The Balaban J connectivity index is 1.86. The average Bonchev–Trinajstić information content (AvgIpc) is 3.31. The number of amides is 1. The number of hydrogen-bond acceptors (Lipinski definition) is 7. The fourth-order valence-electron chi connectivity index (χ4n) is 4.72. The van der Waals surface area contributed by atoms with Gasteiger partial charge >= 0.3 is 0 Å². The fourth-order valence-corrected chi connectivity index (χ4v) is 5.52. The predicted molar refractivity (Wildman–Crippen MR) is 136 cm³/mol. The monoisotopic (exact) mass is 501 g/mol. The Labute approximate surface area is 208 Å². The van der Waals surface area contributed by atoms with E-state index in [4.69, 9.17) is 5.41 Å². The zero-order chi connectivity index (χ0) is 26.0. The van der Waals surface area contributed by atoms with Gasteiger partial charge in [-0.25, -0.2) is 9.37 Å². The highest BCUT2D eigenvalue weighted by atomic mass is 32.1. The summed E-state index contributed by atoms with van der Waals surface area (Å²) in [6, 6.07) is 5.49. The molecule has 3 rings (SSSR count). The van der Waals surface area contributed by atoms with Crippen LogP contribution in [-0.4, -0.2) is 44.9 Å². The first-order chi connectivity index (χ1) is 16.4. The molecule has 2 aromatic rings. The number of nitrogens with zero attached hydrogens (tertiary/aromatic N) is 1. The van der Waals surface area contributed by atoms with Gasteiger partial charge < -0.3 is 20.9 Å². The highest BCUT2D eigenvalue weighted by molar-refractivity contribution is 7.13. The first-order valence-electron chi connectivity index (χ1n) is 11.6. The molecule has 9 heteroatoms. The molecular formula is C26H32FN3O4S.